The summed E-state index contributed by atoms with van der Waals surface area (Å²) >= 11 is 3.07. The molecule has 0 bridgehead atoms. The van der Waals surface area contributed by atoms with Crippen LogP contribution in [0.4, 0.5) is 16.4 Å². The number of aromatic nitrogens is 1. The number of nitrogens with one attached hydrogen (secondary N) is 1. The van der Waals surface area contributed by atoms with Crippen LogP contribution in [0.5, 0.6) is 5.75 Å². The number of rotatable bonds is 4. The Morgan fingerprint density at radius 2 is 1.78 bits per heavy atom. The molecule has 0 aliphatic rings. The Morgan fingerprint density at radius 1 is 1.04 bits per heavy atom. The second-order valence-corrected chi connectivity index (χ2v) is 7.79. The molecule has 0 radical (unpaired) electrons. The number of thiazole rings is 1. The van der Waals surface area contributed by atoms with Crippen molar-refractivity contribution in [2.24, 2.45) is 10.2 Å². The molecule has 0 aliphatic heterocycles. The summed E-state index contributed by atoms with van der Waals surface area (Å²) in [4.78, 5) is 16.7. The van der Waals surface area contributed by atoms with Crippen molar-refractivity contribution >= 4 is 54.5 Å². The molecule has 1 amide bonds. The SMILES string of the molecule is CC(=O)Nc1ccc(-c2nc3sc(N=Nc4ccc(O)cc4)cc3s2)cc1. The van der Waals surface area contributed by atoms with E-state index in [9.17, 15) is 9.90 Å². The van der Waals surface area contributed by atoms with Crippen LogP contribution in [0.3, 0.4) is 0 Å². The van der Waals surface area contributed by atoms with Crippen LogP contribution in [0.2, 0.25) is 0 Å². The summed E-state index contributed by atoms with van der Waals surface area (Å²) < 4.78 is 1.06. The smallest absolute Gasteiger partial charge is 0.221 e. The third-order valence-electron chi connectivity index (χ3n) is 3.64. The van der Waals surface area contributed by atoms with Crippen molar-refractivity contribution in [3.8, 4) is 16.3 Å². The summed E-state index contributed by atoms with van der Waals surface area (Å²) in [6.07, 6.45) is 0. The van der Waals surface area contributed by atoms with E-state index in [0.717, 1.165) is 30.8 Å². The van der Waals surface area contributed by atoms with Gasteiger partial charge in [0, 0.05) is 18.2 Å². The van der Waals surface area contributed by atoms with Crippen LogP contribution in [0.25, 0.3) is 20.1 Å². The molecule has 0 fully saturated rings. The van der Waals surface area contributed by atoms with Gasteiger partial charge in [0.2, 0.25) is 5.91 Å². The predicted octanol–water partition coefficient (Wildman–Crippen LogP) is 6.10. The first-order valence-corrected chi connectivity index (χ1v) is 9.69. The number of carbonyl (C=O) groups is 1. The largest absolute Gasteiger partial charge is 0.508 e. The van der Waals surface area contributed by atoms with Crippen LogP contribution in [0.1, 0.15) is 6.92 Å². The summed E-state index contributed by atoms with van der Waals surface area (Å²) in [6.45, 7) is 1.49. The van der Waals surface area contributed by atoms with E-state index >= 15 is 0 Å². The number of aromatic hydroxyl groups is 1. The Kier molecular flexibility index (Phi) is 4.66. The highest BCUT2D eigenvalue weighted by Crippen LogP contribution is 2.39. The van der Waals surface area contributed by atoms with E-state index < -0.39 is 0 Å². The van der Waals surface area contributed by atoms with E-state index in [1.54, 1.807) is 35.6 Å². The number of hydrogen-bond acceptors (Lipinski definition) is 7. The molecule has 0 saturated carbocycles. The van der Waals surface area contributed by atoms with Crippen molar-refractivity contribution in [3.05, 3.63) is 54.6 Å². The van der Waals surface area contributed by atoms with Gasteiger partial charge in [-0.1, -0.05) is 11.3 Å². The number of phenolic OH excluding ortho intramolecular Hbond substituents is 1. The summed E-state index contributed by atoms with van der Waals surface area (Å²) in [5.74, 6) is 0.110. The van der Waals surface area contributed by atoms with Crippen LogP contribution >= 0.6 is 22.7 Å². The maximum absolute atomic E-state index is 11.1. The van der Waals surface area contributed by atoms with Gasteiger partial charge in [-0.05, 0) is 54.6 Å². The average molecular weight is 394 g/mol. The molecule has 4 rings (SSSR count). The van der Waals surface area contributed by atoms with Crippen molar-refractivity contribution < 1.29 is 9.90 Å². The van der Waals surface area contributed by atoms with Crippen molar-refractivity contribution in [2.75, 3.05) is 5.32 Å². The van der Waals surface area contributed by atoms with Gasteiger partial charge in [-0.25, -0.2) is 4.98 Å². The number of phenols is 1. The lowest BCUT2D eigenvalue weighted by molar-refractivity contribution is -0.114. The maximum Gasteiger partial charge on any atom is 0.221 e. The van der Waals surface area contributed by atoms with Gasteiger partial charge in [-0.3, -0.25) is 4.79 Å². The molecule has 2 heterocycles. The van der Waals surface area contributed by atoms with Crippen molar-refractivity contribution in [1.82, 2.24) is 4.98 Å². The number of amides is 1. The molecule has 0 saturated heterocycles. The van der Waals surface area contributed by atoms with Gasteiger partial charge in [-0.2, -0.15) is 0 Å². The highest BCUT2D eigenvalue weighted by molar-refractivity contribution is 7.30. The number of hydrogen-bond donors (Lipinski definition) is 2. The quantitative estimate of drug-likeness (QED) is 0.410. The van der Waals surface area contributed by atoms with E-state index in [1.165, 1.54) is 18.3 Å². The van der Waals surface area contributed by atoms with E-state index in [-0.39, 0.29) is 11.7 Å². The van der Waals surface area contributed by atoms with E-state index in [2.05, 4.69) is 20.5 Å². The number of carbonyl (C=O) groups excluding carboxylic acids is 1. The molecule has 2 aromatic carbocycles. The second kappa shape index (κ2) is 7.26. The fourth-order valence-electron chi connectivity index (χ4n) is 2.42. The summed E-state index contributed by atoms with van der Waals surface area (Å²) in [5.41, 5.74) is 2.45. The monoisotopic (exact) mass is 394 g/mol. The molecule has 0 spiro atoms. The molecule has 2 N–H and O–H groups in total. The minimum Gasteiger partial charge on any atom is -0.508 e. The summed E-state index contributed by atoms with van der Waals surface area (Å²) in [7, 11) is 0. The minimum absolute atomic E-state index is 0.0912. The third kappa shape index (κ3) is 4.02. The van der Waals surface area contributed by atoms with Crippen molar-refractivity contribution in [2.45, 2.75) is 6.92 Å². The highest BCUT2D eigenvalue weighted by atomic mass is 32.1. The van der Waals surface area contributed by atoms with Crippen LogP contribution in [0.15, 0.2) is 64.8 Å². The van der Waals surface area contributed by atoms with E-state index in [1.807, 2.05) is 30.3 Å². The number of anilines is 1. The molecular weight excluding hydrogens is 380 g/mol. The molecule has 134 valence electrons. The van der Waals surface area contributed by atoms with Crippen LogP contribution in [0, 0.1) is 0 Å². The molecule has 6 nitrogen and oxygen atoms in total. The Hall–Kier alpha value is -3.10. The minimum atomic E-state index is -0.0912. The zero-order valence-electron chi connectivity index (χ0n) is 14.2. The van der Waals surface area contributed by atoms with Crippen molar-refractivity contribution in [3.63, 3.8) is 0 Å². The lowest BCUT2D eigenvalue weighted by Gasteiger charge is -2.02. The molecule has 0 unspecified atom stereocenters. The average Bonchev–Trinajstić information content (AvgIpc) is 3.20. The van der Waals surface area contributed by atoms with Crippen molar-refractivity contribution in [1.29, 1.82) is 0 Å². The van der Waals surface area contributed by atoms with Crippen LogP contribution in [-0.2, 0) is 4.79 Å². The van der Waals surface area contributed by atoms with Crippen LogP contribution in [-0.4, -0.2) is 16.0 Å². The number of thiophene rings is 1. The van der Waals surface area contributed by atoms with E-state index in [4.69, 9.17) is 0 Å². The Labute approximate surface area is 162 Å². The number of benzene rings is 2. The standard InChI is InChI=1S/C19H14N4O2S2/c1-11(24)20-13-4-2-12(3-5-13)18-21-19-16(26-18)10-17(27-19)23-22-14-6-8-15(25)9-7-14/h2-10,25H,1H3,(H,20,24). The number of azo groups is 1. The molecule has 27 heavy (non-hydrogen) atoms. The van der Waals surface area contributed by atoms with Gasteiger partial charge in [-0.15, -0.1) is 21.6 Å². The van der Waals surface area contributed by atoms with Gasteiger partial charge in [0.1, 0.15) is 20.6 Å². The lowest BCUT2D eigenvalue weighted by atomic mass is 10.2. The first kappa shape index (κ1) is 17.3. The summed E-state index contributed by atoms with van der Waals surface area (Å²) in [6, 6.07) is 16.1. The first-order chi connectivity index (χ1) is 13.1. The van der Waals surface area contributed by atoms with E-state index in [0.29, 0.717) is 5.69 Å². The highest BCUT2D eigenvalue weighted by Gasteiger charge is 2.10. The van der Waals surface area contributed by atoms with Crippen LogP contribution < -0.4 is 5.32 Å². The molecular formula is C19H14N4O2S2. The predicted molar refractivity (Wildman–Crippen MR) is 110 cm³/mol. The maximum atomic E-state index is 11.1. The van der Waals surface area contributed by atoms with Gasteiger partial charge in [0.05, 0.1) is 10.4 Å². The molecule has 2 aromatic heterocycles. The third-order valence-corrected chi connectivity index (χ3v) is 5.74. The normalized spacial score (nSPS) is 11.3. The Balaban J connectivity index is 1.53. The molecule has 8 heteroatoms. The fraction of sp³-hybridized carbons (Fsp3) is 0.0526. The Bertz CT molecular complexity index is 1100. The summed E-state index contributed by atoms with van der Waals surface area (Å²) in [5, 5.41) is 22.2. The molecule has 4 aromatic rings. The topological polar surface area (TPSA) is 86.9 Å². The van der Waals surface area contributed by atoms with Gasteiger partial charge < -0.3 is 10.4 Å². The molecule has 0 atom stereocenters. The zero-order chi connectivity index (χ0) is 18.8. The van der Waals surface area contributed by atoms with Gasteiger partial charge in [0.25, 0.3) is 0 Å². The van der Waals surface area contributed by atoms with Gasteiger partial charge >= 0.3 is 0 Å². The fourth-order valence-corrected chi connectivity index (χ4v) is 4.46. The Morgan fingerprint density at radius 3 is 2.44 bits per heavy atom. The second-order valence-electron chi connectivity index (χ2n) is 5.75. The van der Waals surface area contributed by atoms with Gasteiger partial charge in [0.15, 0.2) is 0 Å². The number of nitrogens with zero attached hydrogens (tertiary/aromatic N) is 3. The number of fused-ring (bicyclic) bond motifs is 1. The zero-order valence-corrected chi connectivity index (χ0v) is 15.8. The first-order valence-electron chi connectivity index (χ1n) is 8.06. The molecule has 0 aliphatic carbocycles. The lowest BCUT2D eigenvalue weighted by Crippen LogP contribution is -2.05.